The van der Waals surface area contributed by atoms with Crippen molar-refractivity contribution >= 4 is 0 Å². The van der Waals surface area contributed by atoms with Crippen molar-refractivity contribution in [2.24, 2.45) is 5.92 Å². The Hall–Kier alpha value is -1.22. The van der Waals surface area contributed by atoms with E-state index in [2.05, 4.69) is 0 Å². The van der Waals surface area contributed by atoms with Crippen LogP contribution in [0.3, 0.4) is 0 Å². The summed E-state index contributed by atoms with van der Waals surface area (Å²) in [6.07, 6.45) is -11.4. The van der Waals surface area contributed by atoms with E-state index in [0.717, 1.165) is 0 Å². The molecule has 3 rings (SSSR count). The van der Waals surface area contributed by atoms with E-state index in [9.17, 15) is 35.7 Å². The lowest BCUT2D eigenvalue weighted by atomic mass is 9.68. The quantitative estimate of drug-likeness (QED) is 0.205. The van der Waals surface area contributed by atoms with Gasteiger partial charge in [0, 0.05) is 5.56 Å². The summed E-state index contributed by atoms with van der Waals surface area (Å²) in [6, 6.07) is 8.45. The van der Waals surface area contributed by atoms with E-state index in [0.29, 0.717) is 18.4 Å². The SMILES string of the molecule is CCC(C)O[C@]1(C(C)CC)[C@@H](O)[C@H](O)[C@@H](CO[C@@H]2O[C@H](CO)[C@@H](O)[C@H](O)[C@H]2O)O[C@]1(O)c1ccccc1. The minimum absolute atomic E-state index is 0.308. The average molecular weight is 531 g/mol. The van der Waals surface area contributed by atoms with Gasteiger partial charge in [-0.05, 0) is 19.3 Å². The molecular formula is C26H42O11. The summed E-state index contributed by atoms with van der Waals surface area (Å²) in [5, 5.41) is 74.8. The number of hydrogen-bond donors (Lipinski definition) is 7. The topological polar surface area (TPSA) is 179 Å². The van der Waals surface area contributed by atoms with E-state index in [1.165, 1.54) is 0 Å². The van der Waals surface area contributed by atoms with Crippen molar-refractivity contribution in [2.45, 2.75) is 107 Å². The molecule has 2 heterocycles. The Morgan fingerprint density at radius 3 is 2.11 bits per heavy atom. The van der Waals surface area contributed by atoms with Crippen molar-refractivity contribution < 1.29 is 54.7 Å². The van der Waals surface area contributed by atoms with Gasteiger partial charge < -0.3 is 54.7 Å². The fourth-order valence-electron chi connectivity index (χ4n) is 5.13. The van der Waals surface area contributed by atoms with Crippen LogP contribution in [0, 0.1) is 5.92 Å². The maximum atomic E-state index is 12.2. The minimum Gasteiger partial charge on any atom is -0.394 e. The van der Waals surface area contributed by atoms with Gasteiger partial charge in [0.15, 0.2) is 11.9 Å². The molecule has 0 aliphatic carbocycles. The Labute approximate surface area is 217 Å². The van der Waals surface area contributed by atoms with E-state index < -0.39 is 85.6 Å². The predicted octanol–water partition coefficient (Wildman–Crippen LogP) is -0.631. The molecule has 12 atom stereocenters. The number of rotatable bonds is 10. The van der Waals surface area contributed by atoms with Crippen LogP contribution in [0.25, 0.3) is 0 Å². The first-order valence-corrected chi connectivity index (χ1v) is 12.9. The zero-order valence-corrected chi connectivity index (χ0v) is 21.8. The molecule has 2 saturated heterocycles. The second-order valence-electron chi connectivity index (χ2n) is 10.1. The Bertz CT molecular complexity index is 841. The average Bonchev–Trinajstić information content (AvgIpc) is 2.91. The van der Waals surface area contributed by atoms with Crippen LogP contribution in [0.15, 0.2) is 30.3 Å². The highest BCUT2D eigenvalue weighted by atomic mass is 16.7. The molecular weight excluding hydrogens is 488 g/mol. The molecule has 37 heavy (non-hydrogen) atoms. The molecule has 7 N–H and O–H groups in total. The van der Waals surface area contributed by atoms with Gasteiger partial charge in [-0.25, -0.2) is 0 Å². The number of benzene rings is 1. The van der Waals surface area contributed by atoms with E-state index in [1.54, 1.807) is 37.3 Å². The monoisotopic (exact) mass is 530 g/mol. The lowest BCUT2D eigenvalue weighted by Gasteiger charge is -2.58. The summed E-state index contributed by atoms with van der Waals surface area (Å²) in [4.78, 5) is 0. The highest BCUT2D eigenvalue weighted by Gasteiger charge is 2.68. The molecule has 11 heteroatoms. The fourth-order valence-corrected chi connectivity index (χ4v) is 5.13. The molecule has 2 unspecified atom stereocenters. The van der Waals surface area contributed by atoms with Crippen molar-refractivity contribution in [3.63, 3.8) is 0 Å². The molecule has 212 valence electrons. The van der Waals surface area contributed by atoms with Gasteiger partial charge in [-0.3, -0.25) is 0 Å². The first-order chi connectivity index (χ1) is 17.5. The molecule has 0 amide bonds. The molecule has 0 saturated carbocycles. The molecule has 1 aromatic carbocycles. The standard InChI is InChI=1S/C26H42O11/c1-5-14(3)25(36-15(4)6-2)23(32)20(29)18(37-26(25,33)16-10-8-7-9-11-16)13-34-24-22(31)21(30)19(28)17(12-27)35-24/h7-11,14-15,17-24,27-33H,5-6,12-13H2,1-4H3/t14?,15?,17-,18-,19-,20-,21+,22-,23+,24-,25-,26-/m1/s1. The molecule has 0 radical (unpaired) electrons. The van der Waals surface area contributed by atoms with E-state index in [1.807, 2.05) is 20.8 Å². The van der Waals surface area contributed by atoms with Crippen LogP contribution in [0.1, 0.15) is 46.1 Å². The Morgan fingerprint density at radius 1 is 0.892 bits per heavy atom. The summed E-state index contributed by atoms with van der Waals surface area (Å²) >= 11 is 0. The van der Waals surface area contributed by atoms with Gasteiger partial charge in [-0.1, -0.05) is 57.5 Å². The summed E-state index contributed by atoms with van der Waals surface area (Å²) < 4.78 is 23.5. The number of aliphatic hydroxyl groups is 7. The van der Waals surface area contributed by atoms with Gasteiger partial charge in [-0.2, -0.15) is 0 Å². The summed E-state index contributed by atoms with van der Waals surface area (Å²) in [7, 11) is 0. The lowest BCUT2D eigenvalue weighted by Crippen LogP contribution is -2.75. The number of ether oxygens (including phenoxy) is 4. The Morgan fingerprint density at radius 2 is 1.54 bits per heavy atom. The third kappa shape index (κ3) is 5.45. The second kappa shape index (κ2) is 12.3. The number of aliphatic hydroxyl groups excluding tert-OH is 6. The maximum Gasteiger partial charge on any atom is 0.226 e. The van der Waals surface area contributed by atoms with Gasteiger partial charge in [0.1, 0.15) is 42.7 Å². The van der Waals surface area contributed by atoms with Crippen LogP contribution in [0.4, 0.5) is 0 Å². The third-order valence-electron chi connectivity index (χ3n) is 7.75. The van der Waals surface area contributed by atoms with E-state index >= 15 is 0 Å². The first kappa shape index (κ1) is 30.3. The molecule has 2 fully saturated rings. The zero-order chi connectivity index (χ0) is 27.5. The minimum atomic E-state index is -2.21. The Kier molecular flexibility index (Phi) is 10.1. The third-order valence-corrected chi connectivity index (χ3v) is 7.75. The second-order valence-corrected chi connectivity index (χ2v) is 10.1. The van der Waals surface area contributed by atoms with Crippen LogP contribution in [0.2, 0.25) is 0 Å². The lowest BCUT2D eigenvalue weighted by molar-refractivity contribution is -0.427. The molecule has 11 nitrogen and oxygen atoms in total. The largest absolute Gasteiger partial charge is 0.394 e. The van der Waals surface area contributed by atoms with Crippen molar-refractivity contribution in [3.8, 4) is 0 Å². The summed E-state index contributed by atoms with van der Waals surface area (Å²) in [6.45, 7) is 6.29. The van der Waals surface area contributed by atoms with Crippen LogP contribution >= 0.6 is 0 Å². The molecule has 0 spiro atoms. The summed E-state index contributed by atoms with van der Waals surface area (Å²) in [5.74, 6) is -2.68. The van der Waals surface area contributed by atoms with E-state index in [4.69, 9.17) is 18.9 Å². The van der Waals surface area contributed by atoms with Crippen LogP contribution in [-0.4, -0.2) is 110 Å². The maximum absolute atomic E-state index is 12.2. The molecule has 2 aliphatic rings. The van der Waals surface area contributed by atoms with Gasteiger partial charge >= 0.3 is 0 Å². The highest BCUT2D eigenvalue weighted by molar-refractivity contribution is 5.28. The van der Waals surface area contributed by atoms with Crippen LogP contribution in [-0.2, 0) is 24.7 Å². The smallest absolute Gasteiger partial charge is 0.226 e. The van der Waals surface area contributed by atoms with Crippen molar-refractivity contribution in [2.75, 3.05) is 13.2 Å². The highest BCUT2D eigenvalue weighted by Crippen LogP contribution is 2.51. The van der Waals surface area contributed by atoms with Crippen LogP contribution < -0.4 is 0 Å². The van der Waals surface area contributed by atoms with Crippen molar-refractivity contribution in [1.29, 1.82) is 0 Å². The zero-order valence-electron chi connectivity index (χ0n) is 21.8. The van der Waals surface area contributed by atoms with Gasteiger partial charge in [0.05, 0.1) is 19.3 Å². The molecule has 0 bridgehead atoms. The molecule has 1 aromatic rings. The van der Waals surface area contributed by atoms with Gasteiger partial charge in [0.25, 0.3) is 0 Å². The van der Waals surface area contributed by atoms with Gasteiger partial charge in [0.2, 0.25) is 5.79 Å². The van der Waals surface area contributed by atoms with Crippen LogP contribution in [0.5, 0.6) is 0 Å². The van der Waals surface area contributed by atoms with E-state index in [-0.39, 0.29) is 0 Å². The molecule has 0 aromatic heterocycles. The Balaban J connectivity index is 1.96. The van der Waals surface area contributed by atoms with Gasteiger partial charge in [-0.15, -0.1) is 0 Å². The first-order valence-electron chi connectivity index (χ1n) is 12.9. The van der Waals surface area contributed by atoms with Crippen molar-refractivity contribution in [3.05, 3.63) is 35.9 Å². The molecule has 2 aliphatic heterocycles. The fraction of sp³-hybridized carbons (Fsp3) is 0.769. The summed E-state index contributed by atoms with van der Waals surface area (Å²) in [5.41, 5.74) is -1.44. The normalized spacial score (nSPS) is 42.4. The van der Waals surface area contributed by atoms with Crippen molar-refractivity contribution in [1.82, 2.24) is 0 Å². The predicted molar refractivity (Wildman–Crippen MR) is 130 cm³/mol. The number of hydrogen-bond acceptors (Lipinski definition) is 11.